The van der Waals surface area contributed by atoms with Crippen molar-refractivity contribution in [2.24, 2.45) is 0 Å². The predicted molar refractivity (Wildman–Crippen MR) is 127 cm³/mol. The van der Waals surface area contributed by atoms with E-state index in [1.165, 1.54) is 28.8 Å². The molecule has 1 aliphatic rings. The Morgan fingerprint density at radius 2 is 1.73 bits per heavy atom. The summed E-state index contributed by atoms with van der Waals surface area (Å²) in [6.45, 7) is 2.81. The minimum Gasteiger partial charge on any atom is -0.493 e. The fraction of sp³-hybridized carbons (Fsp3) is 0.269. The molecule has 33 heavy (non-hydrogen) atoms. The van der Waals surface area contributed by atoms with Gasteiger partial charge < -0.3 is 20.5 Å². The van der Waals surface area contributed by atoms with Gasteiger partial charge in [-0.25, -0.2) is 4.39 Å². The minimum absolute atomic E-state index is 0.114. The van der Waals surface area contributed by atoms with Crippen molar-refractivity contribution < 1.29 is 18.7 Å². The number of amides is 1. The van der Waals surface area contributed by atoms with Crippen LogP contribution in [-0.4, -0.2) is 38.1 Å². The highest BCUT2D eigenvalue weighted by atomic mass is 19.1. The molecule has 0 bridgehead atoms. The van der Waals surface area contributed by atoms with Gasteiger partial charge in [-0.1, -0.05) is 12.1 Å². The van der Waals surface area contributed by atoms with Gasteiger partial charge in [0, 0.05) is 31.0 Å². The number of carbonyl (C=O) groups excluding carboxylic acids is 1. The van der Waals surface area contributed by atoms with Crippen molar-refractivity contribution in [3.63, 3.8) is 0 Å². The van der Waals surface area contributed by atoms with Crippen molar-refractivity contribution in [1.82, 2.24) is 4.90 Å². The van der Waals surface area contributed by atoms with Gasteiger partial charge in [-0.15, -0.1) is 0 Å². The molecule has 0 unspecified atom stereocenters. The normalized spacial score (nSPS) is 13.3. The van der Waals surface area contributed by atoms with Gasteiger partial charge >= 0.3 is 0 Å². The van der Waals surface area contributed by atoms with E-state index < -0.39 is 5.82 Å². The molecule has 0 radical (unpaired) electrons. The summed E-state index contributed by atoms with van der Waals surface area (Å²) < 4.78 is 24.1. The lowest BCUT2D eigenvalue weighted by Crippen LogP contribution is -2.32. The van der Waals surface area contributed by atoms with E-state index in [-0.39, 0.29) is 17.2 Å². The number of hydrogen-bond acceptors (Lipinski definition) is 5. The van der Waals surface area contributed by atoms with Gasteiger partial charge in [-0.05, 0) is 72.0 Å². The van der Waals surface area contributed by atoms with Crippen LogP contribution >= 0.6 is 0 Å². The Labute approximate surface area is 193 Å². The van der Waals surface area contributed by atoms with Crippen LogP contribution in [0.2, 0.25) is 0 Å². The lowest BCUT2D eigenvalue weighted by atomic mass is 9.98. The van der Waals surface area contributed by atoms with E-state index in [1.807, 2.05) is 24.3 Å². The number of rotatable bonds is 7. The summed E-state index contributed by atoms with van der Waals surface area (Å²) in [6.07, 6.45) is 1.88. The van der Waals surface area contributed by atoms with Gasteiger partial charge in [0.1, 0.15) is 5.82 Å². The number of anilines is 2. The molecule has 1 heterocycles. The summed E-state index contributed by atoms with van der Waals surface area (Å²) in [6, 6.07) is 15.7. The van der Waals surface area contributed by atoms with Crippen LogP contribution in [0.1, 0.15) is 27.0 Å². The lowest BCUT2D eigenvalue weighted by molar-refractivity contribution is 0.102. The third kappa shape index (κ3) is 5.26. The Bertz CT molecular complexity index is 1150. The number of nitrogens with zero attached hydrogens (tertiary/aromatic N) is 1. The van der Waals surface area contributed by atoms with E-state index in [1.54, 1.807) is 14.2 Å². The summed E-state index contributed by atoms with van der Waals surface area (Å²) in [5, 5.41) is 2.81. The molecule has 0 fully saturated rings. The van der Waals surface area contributed by atoms with Gasteiger partial charge in [-0.3, -0.25) is 9.69 Å². The topological polar surface area (TPSA) is 76.8 Å². The van der Waals surface area contributed by atoms with Crippen LogP contribution in [0.3, 0.4) is 0 Å². The van der Waals surface area contributed by atoms with Gasteiger partial charge in [0.05, 0.1) is 19.8 Å². The molecule has 0 atom stereocenters. The highest BCUT2D eigenvalue weighted by molar-refractivity contribution is 6.07. The summed E-state index contributed by atoms with van der Waals surface area (Å²) in [5.41, 5.74) is 10.6. The van der Waals surface area contributed by atoms with Crippen LogP contribution in [0, 0.1) is 5.82 Å². The summed E-state index contributed by atoms with van der Waals surface area (Å²) in [5.74, 6) is 0.709. The number of benzene rings is 3. The largest absolute Gasteiger partial charge is 0.493 e. The number of nitrogen functional groups attached to an aromatic ring is 1. The van der Waals surface area contributed by atoms with Crippen LogP contribution in [-0.2, 0) is 19.4 Å². The predicted octanol–water partition coefficient (Wildman–Crippen LogP) is 4.28. The zero-order valence-corrected chi connectivity index (χ0v) is 18.9. The Balaban J connectivity index is 1.33. The number of fused-ring (bicyclic) bond motifs is 1. The average molecular weight is 450 g/mol. The fourth-order valence-electron chi connectivity index (χ4n) is 4.11. The van der Waals surface area contributed by atoms with Crippen molar-refractivity contribution in [2.45, 2.75) is 19.4 Å². The number of carbonyl (C=O) groups is 1. The van der Waals surface area contributed by atoms with Crippen LogP contribution in [0.5, 0.6) is 11.5 Å². The average Bonchev–Trinajstić information content (AvgIpc) is 2.82. The fourth-order valence-corrected chi connectivity index (χ4v) is 4.11. The minimum atomic E-state index is -0.468. The molecule has 7 heteroatoms. The highest BCUT2D eigenvalue weighted by Crippen LogP contribution is 2.33. The first-order chi connectivity index (χ1) is 16.0. The van der Waals surface area contributed by atoms with Gasteiger partial charge in [-0.2, -0.15) is 0 Å². The molecule has 3 aromatic rings. The molecule has 0 aliphatic carbocycles. The third-order valence-corrected chi connectivity index (χ3v) is 5.98. The number of methoxy groups -OCH3 is 2. The number of ether oxygens (including phenoxy) is 2. The van der Waals surface area contributed by atoms with E-state index >= 15 is 0 Å². The molecule has 4 rings (SSSR count). The van der Waals surface area contributed by atoms with Crippen molar-refractivity contribution >= 4 is 17.3 Å². The summed E-state index contributed by atoms with van der Waals surface area (Å²) in [7, 11) is 3.32. The SMILES string of the molecule is COc1cc2c(cc1OC)CN(CCc1ccc(NC(=O)c3ccc(F)cc3N)cc1)CC2. The monoisotopic (exact) mass is 449 g/mol. The Morgan fingerprint density at radius 3 is 2.39 bits per heavy atom. The second kappa shape index (κ2) is 9.92. The highest BCUT2D eigenvalue weighted by Gasteiger charge is 2.19. The van der Waals surface area contributed by atoms with Gasteiger partial charge in [0.2, 0.25) is 0 Å². The maximum Gasteiger partial charge on any atom is 0.257 e. The second-order valence-electron chi connectivity index (χ2n) is 8.13. The number of hydrogen-bond donors (Lipinski definition) is 2. The Morgan fingerprint density at radius 1 is 1.03 bits per heavy atom. The van der Waals surface area contributed by atoms with Crippen molar-refractivity contribution in [1.29, 1.82) is 0 Å². The van der Waals surface area contributed by atoms with E-state index in [0.29, 0.717) is 5.69 Å². The van der Waals surface area contributed by atoms with Crippen molar-refractivity contribution in [3.05, 3.63) is 82.7 Å². The third-order valence-electron chi connectivity index (χ3n) is 5.98. The smallest absolute Gasteiger partial charge is 0.257 e. The van der Waals surface area contributed by atoms with Gasteiger partial charge in [0.15, 0.2) is 11.5 Å². The maximum absolute atomic E-state index is 13.2. The molecule has 0 aromatic heterocycles. The zero-order valence-electron chi connectivity index (χ0n) is 18.9. The number of nitrogens with two attached hydrogens (primary N) is 1. The van der Waals surface area contributed by atoms with Crippen LogP contribution in [0.25, 0.3) is 0 Å². The van der Waals surface area contributed by atoms with E-state index in [9.17, 15) is 9.18 Å². The van der Waals surface area contributed by atoms with Crippen LogP contribution < -0.4 is 20.5 Å². The van der Waals surface area contributed by atoms with E-state index in [2.05, 4.69) is 22.3 Å². The van der Waals surface area contributed by atoms with E-state index in [4.69, 9.17) is 15.2 Å². The second-order valence-corrected chi connectivity index (χ2v) is 8.13. The van der Waals surface area contributed by atoms with Gasteiger partial charge in [0.25, 0.3) is 5.91 Å². The van der Waals surface area contributed by atoms with Crippen LogP contribution in [0.4, 0.5) is 15.8 Å². The number of nitrogens with one attached hydrogen (secondary N) is 1. The first-order valence-electron chi connectivity index (χ1n) is 10.9. The molecule has 3 N–H and O–H groups in total. The molecule has 0 saturated carbocycles. The molecular formula is C26H28FN3O3. The van der Waals surface area contributed by atoms with Crippen molar-refractivity contribution in [3.8, 4) is 11.5 Å². The first-order valence-corrected chi connectivity index (χ1v) is 10.9. The van der Waals surface area contributed by atoms with Crippen molar-refractivity contribution in [2.75, 3.05) is 38.4 Å². The quantitative estimate of drug-likeness (QED) is 0.527. The number of halogens is 1. The Hall–Kier alpha value is -3.58. The van der Waals surface area contributed by atoms with E-state index in [0.717, 1.165) is 50.0 Å². The molecule has 172 valence electrons. The molecule has 0 spiro atoms. The standard InChI is InChI=1S/C26H28FN3O3/c1-32-24-13-18-10-12-30(16-19(18)14-25(24)33-2)11-9-17-3-6-21(7-4-17)29-26(31)22-8-5-20(27)15-23(22)28/h3-8,13-15H,9-12,16,28H2,1-2H3,(H,29,31). The molecule has 6 nitrogen and oxygen atoms in total. The molecule has 0 saturated heterocycles. The molecule has 1 aliphatic heterocycles. The molecule has 1 amide bonds. The molecular weight excluding hydrogens is 421 g/mol. The summed E-state index contributed by atoms with van der Waals surface area (Å²) in [4.78, 5) is 14.8. The first kappa shape index (κ1) is 22.6. The Kier molecular flexibility index (Phi) is 6.79. The lowest BCUT2D eigenvalue weighted by Gasteiger charge is -2.29. The van der Waals surface area contributed by atoms with Crippen LogP contribution in [0.15, 0.2) is 54.6 Å². The zero-order chi connectivity index (χ0) is 23.4. The summed E-state index contributed by atoms with van der Waals surface area (Å²) >= 11 is 0. The molecule has 3 aromatic carbocycles. The maximum atomic E-state index is 13.2.